The molecule has 0 fully saturated rings. The first-order valence-electron chi connectivity index (χ1n) is 5.55. The van der Waals surface area contributed by atoms with E-state index in [0.29, 0.717) is 0 Å². The SMILES string of the molecule is CCCSn1cnc(-c2ccccc2)c1C. The second-order valence-corrected chi connectivity index (χ2v) is 4.76. The number of aromatic nitrogens is 2. The molecule has 1 aromatic carbocycles. The Hall–Kier alpha value is -1.22. The van der Waals surface area contributed by atoms with Gasteiger partial charge in [-0.3, -0.25) is 3.97 Å². The highest BCUT2D eigenvalue weighted by Gasteiger charge is 2.08. The molecule has 2 rings (SSSR count). The van der Waals surface area contributed by atoms with Crippen molar-refractivity contribution in [2.24, 2.45) is 0 Å². The Morgan fingerprint density at radius 3 is 2.69 bits per heavy atom. The quantitative estimate of drug-likeness (QED) is 0.798. The van der Waals surface area contributed by atoms with Gasteiger partial charge in [-0.1, -0.05) is 37.3 Å². The Kier molecular flexibility index (Phi) is 3.67. The van der Waals surface area contributed by atoms with Crippen LogP contribution in [0.5, 0.6) is 0 Å². The summed E-state index contributed by atoms with van der Waals surface area (Å²) in [4.78, 5) is 4.48. The maximum absolute atomic E-state index is 4.48. The van der Waals surface area contributed by atoms with Crippen LogP contribution in [-0.4, -0.2) is 14.7 Å². The van der Waals surface area contributed by atoms with Gasteiger partial charge in [0.15, 0.2) is 0 Å². The molecule has 0 bridgehead atoms. The minimum Gasteiger partial charge on any atom is -0.276 e. The van der Waals surface area contributed by atoms with Gasteiger partial charge in [-0.25, -0.2) is 4.98 Å². The van der Waals surface area contributed by atoms with Gasteiger partial charge in [0.2, 0.25) is 0 Å². The molecule has 0 atom stereocenters. The molecule has 0 aliphatic heterocycles. The number of rotatable bonds is 4. The second-order valence-electron chi connectivity index (χ2n) is 3.70. The van der Waals surface area contributed by atoms with Gasteiger partial charge in [0.05, 0.1) is 11.4 Å². The van der Waals surface area contributed by atoms with Gasteiger partial charge in [0.1, 0.15) is 6.33 Å². The third kappa shape index (κ3) is 2.30. The average Bonchev–Trinajstić information content (AvgIpc) is 2.69. The van der Waals surface area contributed by atoms with Crippen LogP contribution in [0.15, 0.2) is 36.7 Å². The van der Waals surface area contributed by atoms with E-state index in [4.69, 9.17) is 0 Å². The zero-order valence-electron chi connectivity index (χ0n) is 9.68. The lowest BCUT2D eigenvalue weighted by atomic mass is 10.1. The number of hydrogen-bond donors (Lipinski definition) is 0. The Balaban J connectivity index is 2.27. The highest BCUT2D eigenvalue weighted by atomic mass is 32.2. The number of imidazole rings is 1. The molecular formula is C13H16N2S. The van der Waals surface area contributed by atoms with Crippen molar-refractivity contribution in [3.8, 4) is 11.3 Å². The van der Waals surface area contributed by atoms with Crippen molar-refractivity contribution in [3.05, 3.63) is 42.4 Å². The Morgan fingerprint density at radius 2 is 2.00 bits per heavy atom. The molecule has 0 aliphatic carbocycles. The van der Waals surface area contributed by atoms with Crippen LogP contribution < -0.4 is 0 Å². The lowest BCUT2D eigenvalue weighted by Gasteiger charge is -2.03. The van der Waals surface area contributed by atoms with E-state index in [1.807, 2.05) is 36.5 Å². The fourth-order valence-electron chi connectivity index (χ4n) is 1.59. The molecule has 0 aliphatic rings. The Morgan fingerprint density at radius 1 is 1.25 bits per heavy atom. The van der Waals surface area contributed by atoms with E-state index in [9.17, 15) is 0 Å². The summed E-state index contributed by atoms with van der Waals surface area (Å²) in [6.45, 7) is 4.31. The molecule has 0 spiro atoms. The van der Waals surface area contributed by atoms with Gasteiger partial charge >= 0.3 is 0 Å². The van der Waals surface area contributed by atoms with E-state index < -0.39 is 0 Å². The zero-order chi connectivity index (χ0) is 11.4. The molecule has 84 valence electrons. The molecule has 0 N–H and O–H groups in total. The van der Waals surface area contributed by atoms with Gasteiger partial charge < -0.3 is 0 Å². The summed E-state index contributed by atoms with van der Waals surface area (Å²) in [5.41, 5.74) is 3.50. The van der Waals surface area contributed by atoms with Crippen LogP contribution in [0.1, 0.15) is 19.0 Å². The molecule has 3 heteroatoms. The first-order chi connectivity index (χ1) is 7.83. The largest absolute Gasteiger partial charge is 0.276 e. The first-order valence-corrected chi connectivity index (χ1v) is 6.50. The molecule has 0 radical (unpaired) electrons. The topological polar surface area (TPSA) is 17.8 Å². The van der Waals surface area contributed by atoms with Crippen molar-refractivity contribution in [1.29, 1.82) is 0 Å². The van der Waals surface area contributed by atoms with E-state index in [2.05, 4.69) is 34.9 Å². The normalized spacial score (nSPS) is 10.6. The molecule has 16 heavy (non-hydrogen) atoms. The minimum absolute atomic E-state index is 1.09. The van der Waals surface area contributed by atoms with Gasteiger partial charge in [-0.15, -0.1) is 0 Å². The fourth-order valence-corrected chi connectivity index (χ4v) is 2.37. The van der Waals surface area contributed by atoms with Gasteiger partial charge in [-0.05, 0) is 25.3 Å². The van der Waals surface area contributed by atoms with Crippen molar-refractivity contribution in [3.63, 3.8) is 0 Å². The summed E-state index contributed by atoms with van der Waals surface area (Å²) < 4.78 is 2.16. The predicted molar refractivity (Wildman–Crippen MR) is 70.5 cm³/mol. The van der Waals surface area contributed by atoms with E-state index in [-0.39, 0.29) is 0 Å². The summed E-state index contributed by atoms with van der Waals surface area (Å²) in [5, 5.41) is 0. The van der Waals surface area contributed by atoms with Gasteiger partial charge in [0.25, 0.3) is 0 Å². The highest BCUT2D eigenvalue weighted by molar-refractivity contribution is 7.97. The van der Waals surface area contributed by atoms with Crippen LogP contribution in [0.2, 0.25) is 0 Å². The van der Waals surface area contributed by atoms with Crippen LogP contribution in [0.3, 0.4) is 0 Å². The third-order valence-corrected chi connectivity index (χ3v) is 3.68. The second kappa shape index (κ2) is 5.21. The standard InChI is InChI=1S/C13H16N2S/c1-3-9-16-15-10-14-13(11(15)2)12-7-5-4-6-8-12/h4-8,10H,3,9H2,1-2H3. The highest BCUT2D eigenvalue weighted by Crippen LogP contribution is 2.24. The Labute approximate surface area is 101 Å². The molecule has 0 saturated carbocycles. The van der Waals surface area contributed by atoms with Gasteiger partial charge in [-0.2, -0.15) is 0 Å². The summed E-state index contributed by atoms with van der Waals surface area (Å²) in [6, 6.07) is 10.3. The van der Waals surface area contributed by atoms with E-state index in [1.165, 1.54) is 17.7 Å². The maximum Gasteiger partial charge on any atom is 0.106 e. The Bertz CT molecular complexity index is 448. The van der Waals surface area contributed by atoms with Crippen molar-refractivity contribution < 1.29 is 0 Å². The molecule has 0 saturated heterocycles. The van der Waals surface area contributed by atoms with Crippen LogP contribution >= 0.6 is 11.9 Å². The van der Waals surface area contributed by atoms with Crippen molar-refractivity contribution >= 4 is 11.9 Å². The van der Waals surface area contributed by atoms with Crippen LogP contribution in [0, 0.1) is 6.92 Å². The zero-order valence-corrected chi connectivity index (χ0v) is 10.5. The van der Waals surface area contributed by atoms with E-state index >= 15 is 0 Å². The molecule has 0 unspecified atom stereocenters. The molecular weight excluding hydrogens is 216 g/mol. The van der Waals surface area contributed by atoms with Gasteiger partial charge in [0, 0.05) is 11.3 Å². The average molecular weight is 232 g/mol. The maximum atomic E-state index is 4.48. The number of nitrogens with zero attached hydrogens (tertiary/aromatic N) is 2. The third-order valence-electron chi connectivity index (χ3n) is 2.45. The monoisotopic (exact) mass is 232 g/mol. The van der Waals surface area contributed by atoms with Crippen LogP contribution in [0.4, 0.5) is 0 Å². The molecule has 1 aromatic heterocycles. The lowest BCUT2D eigenvalue weighted by Crippen LogP contribution is -1.90. The predicted octanol–water partition coefficient (Wildman–Crippen LogP) is 3.76. The summed E-state index contributed by atoms with van der Waals surface area (Å²) in [7, 11) is 0. The summed E-state index contributed by atoms with van der Waals surface area (Å²) in [5.74, 6) is 1.13. The van der Waals surface area contributed by atoms with E-state index in [1.54, 1.807) is 0 Å². The smallest absolute Gasteiger partial charge is 0.106 e. The van der Waals surface area contributed by atoms with Crippen LogP contribution in [-0.2, 0) is 0 Å². The molecule has 0 amide bonds. The fraction of sp³-hybridized carbons (Fsp3) is 0.308. The first kappa shape index (κ1) is 11.3. The molecule has 1 heterocycles. The van der Waals surface area contributed by atoms with Crippen molar-refractivity contribution in [2.75, 3.05) is 5.75 Å². The molecule has 2 nitrogen and oxygen atoms in total. The van der Waals surface area contributed by atoms with Crippen molar-refractivity contribution in [1.82, 2.24) is 8.96 Å². The molecule has 2 aromatic rings. The lowest BCUT2D eigenvalue weighted by molar-refractivity contribution is 1.08. The summed E-state index contributed by atoms with van der Waals surface area (Å²) >= 11 is 1.82. The van der Waals surface area contributed by atoms with Crippen molar-refractivity contribution in [2.45, 2.75) is 20.3 Å². The number of benzene rings is 1. The number of hydrogen-bond acceptors (Lipinski definition) is 2. The minimum atomic E-state index is 1.09. The van der Waals surface area contributed by atoms with E-state index in [0.717, 1.165) is 11.4 Å². The summed E-state index contributed by atoms with van der Waals surface area (Å²) in [6.07, 6.45) is 3.10. The van der Waals surface area contributed by atoms with Crippen LogP contribution in [0.25, 0.3) is 11.3 Å².